The van der Waals surface area contributed by atoms with Crippen molar-refractivity contribution in [3.05, 3.63) is 29.6 Å². The zero-order valence-corrected chi connectivity index (χ0v) is 13.2. The fraction of sp³-hybridized carbons (Fsp3) is 0.600. The molecule has 0 heterocycles. The van der Waals surface area contributed by atoms with Crippen molar-refractivity contribution < 1.29 is 17.5 Å². The molecule has 0 amide bonds. The van der Waals surface area contributed by atoms with Gasteiger partial charge in [-0.3, -0.25) is 0 Å². The van der Waals surface area contributed by atoms with Crippen molar-refractivity contribution in [1.82, 2.24) is 0 Å². The van der Waals surface area contributed by atoms with Crippen LogP contribution in [0, 0.1) is 5.82 Å². The van der Waals surface area contributed by atoms with Gasteiger partial charge in [0.25, 0.3) is 0 Å². The summed E-state index contributed by atoms with van der Waals surface area (Å²) in [6.07, 6.45) is 3.60. The van der Waals surface area contributed by atoms with Crippen LogP contribution in [0.2, 0.25) is 0 Å². The molecule has 0 radical (unpaired) electrons. The molecule has 1 aliphatic rings. The highest BCUT2D eigenvalue weighted by atomic mass is 32.2. The summed E-state index contributed by atoms with van der Waals surface area (Å²) in [5.74, 6) is -0.287. The molecule has 1 aliphatic carbocycles. The topological polar surface area (TPSA) is 69.4 Å². The fourth-order valence-electron chi connectivity index (χ4n) is 2.67. The van der Waals surface area contributed by atoms with E-state index in [9.17, 15) is 12.8 Å². The second-order valence-electron chi connectivity index (χ2n) is 5.84. The lowest BCUT2D eigenvalue weighted by Crippen LogP contribution is -2.33. The number of halogens is 1. The van der Waals surface area contributed by atoms with Crippen LogP contribution in [-0.2, 0) is 9.84 Å². The van der Waals surface area contributed by atoms with Gasteiger partial charge in [0.05, 0.1) is 5.25 Å². The van der Waals surface area contributed by atoms with Crippen molar-refractivity contribution in [3.8, 4) is 5.75 Å². The zero-order chi connectivity index (χ0) is 15.6. The van der Waals surface area contributed by atoms with Gasteiger partial charge in [-0.05, 0) is 43.9 Å². The van der Waals surface area contributed by atoms with E-state index in [1.807, 2.05) is 0 Å². The van der Waals surface area contributed by atoms with E-state index >= 15 is 0 Å². The van der Waals surface area contributed by atoms with Crippen LogP contribution in [0.5, 0.6) is 5.75 Å². The Bertz CT molecular complexity index is 601. The summed E-state index contributed by atoms with van der Waals surface area (Å²) in [6.45, 7) is 1.78. The number of benzene rings is 1. The molecule has 0 saturated heterocycles. The first-order chi connectivity index (χ1) is 9.77. The summed E-state index contributed by atoms with van der Waals surface area (Å²) >= 11 is 0. The average molecular weight is 315 g/mol. The maximum atomic E-state index is 14.0. The SMILES string of the molecule is C[C@H](N)c1ccc(OC2CCCC(S(C)(=O)=O)C2)c(F)c1. The van der Waals surface area contributed by atoms with E-state index in [1.165, 1.54) is 12.3 Å². The van der Waals surface area contributed by atoms with Gasteiger partial charge in [0.15, 0.2) is 11.6 Å². The average Bonchev–Trinajstić information content (AvgIpc) is 2.40. The summed E-state index contributed by atoms with van der Waals surface area (Å²) in [7, 11) is -3.07. The minimum atomic E-state index is -3.07. The molecule has 2 N–H and O–H groups in total. The maximum absolute atomic E-state index is 14.0. The van der Waals surface area contributed by atoms with Gasteiger partial charge in [-0.25, -0.2) is 12.8 Å². The molecule has 0 spiro atoms. The molecule has 1 aromatic rings. The van der Waals surface area contributed by atoms with E-state index in [2.05, 4.69) is 0 Å². The Hall–Kier alpha value is -1.14. The third-order valence-corrected chi connectivity index (χ3v) is 5.60. The molecule has 0 aromatic heterocycles. The molecule has 0 aliphatic heterocycles. The number of hydrogen-bond acceptors (Lipinski definition) is 4. The number of ether oxygens (including phenoxy) is 1. The number of sulfone groups is 1. The van der Waals surface area contributed by atoms with Crippen LogP contribution in [0.3, 0.4) is 0 Å². The van der Waals surface area contributed by atoms with E-state index in [0.29, 0.717) is 18.4 Å². The molecule has 3 atom stereocenters. The monoisotopic (exact) mass is 315 g/mol. The number of rotatable bonds is 4. The first-order valence-electron chi connectivity index (χ1n) is 7.18. The Morgan fingerprint density at radius 1 is 1.38 bits per heavy atom. The molecule has 1 aromatic carbocycles. The minimum Gasteiger partial charge on any atom is -0.487 e. The fourth-order valence-corrected chi connectivity index (χ4v) is 3.83. The molecule has 2 rings (SSSR count). The van der Waals surface area contributed by atoms with Gasteiger partial charge in [0, 0.05) is 18.7 Å². The second kappa shape index (κ2) is 6.32. The zero-order valence-electron chi connectivity index (χ0n) is 12.4. The highest BCUT2D eigenvalue weighted by Crippen LogP contribution is 2.29. The number of hydrogen-bond donors (Lipinski definition) is 1. The van der Waals surface area contributed by atoms with Crippen LogP contribution < -0.4 is 10.5 Å². The van der Waals surface area contributed by atoms with Crippen LogP contribution in [-0.4, -0.2) is 26.0 Å². The Morgan fingerprint density at radius 3 is 2.67 bits per heavy atom. The molecule has 21 heavy (non-hydrogen) atoms. The Labute approximate surface area is 125 Å². The lowest BCUT2D eigenvalue weighted by Gasteiger charge is -2.28. The van der Waals surface area contributed by atoms with Crippen LogP contribution in [0.1, 0.15) is 44.2 Å². The van der Waals surface area contributed by atoms with E-state index in [4.69, 9.17) is 10.5 Å². The van der Waals surface area contributed by atoms with E-state index in [0.717, 1.165) is 12.8 Å². The highest BCUT2D eigenvalue weighted by molar-refractivity contribution is 7.91. The number of nitrogens with two attached hydrogens (primary N) is 1. The maximum Gasteiger partial charge on any atom is 0.165 e. The quantitative estimate of drug-likeness (QED) is 0.927. The van der Waals surface area contributed by atoms with Crippen LogP contribution in [0.25, 0.3) is 0 Å². The first-order valence-corrected chi connectivity index (χ1v) is 9.13. The van der Waals surface area contributed by atoms with Gasteiger partial charge >= 0.3 is 0 Å². The predicted octanol–water partition coefficient (Wildman–Crippen LogP) is 2.58. The molecule has 118 valence electrons. The largest absolute Gasteiger partial charge is 0.487 e. The van der Waals surface area contributed by atoms with Crippen molar-refractivity contribution in [2.24, 2.45) is 5.73 Å². The first kappa shape index (κ1) is 16.2. The molecule has 6 heteroatoms. The van der Waals surface area contributed by atoms with Crippen LogP contribution in [0.15, 0.2) is 18.2 Å². The predicted molar refractivity (Wildman–Crippen MR) is 80.5 cm³/mol. The van der Waals surface area contributed by atoms with Crippen molar-refractivity contribution >= 4 is 9.84 Å². The normalized spacial score (nSPS) is 24.6. The van der Waals surface area contributed by atoms with E-state index in [-0.39, 0.29) is 23.1 Å². The molecule has 1 fully saturated rings. The van der Waals surface area contributed by atoms with E-state index in [1.54, 1.807) is 19.1 Å². The third-order valence-electron chi connectivity index (χ3n) is 3.96. The third kappa shape index (κ3) is 4.17. The van der Waals surface area contributed by atoms with Crippen molar-refractivity contribution in [2.45, 2.75) is 50.0 Å². The molecular weight excluding hydrogens is 293 g/mol. The smallest absolute Gasteiger partial charge is 0.165 e. The Kier molecular flexibility index (Phi) is 4.88. The lowest BCUT2D eigenvalue weighted by atomic mass is 9.97. The molecule has 1 saturated carbocycles. The second-order valence-corrected chi connectivity index (χ2v) is 8.16. The Morgan fingerprint density at radius 2 is 2.10 bits per heavy atom. The van der Waals surface area contributed by atoms with Gasteiger partial charge < -0.3 is 10.5 Å². The summed E-state index contributed by atoms with van der Waals surface area (Å²) in [5, 5.41) is -0.386. The van der Waals surface area contributed by atoms with Gasteiger partial charge in [0.1, 0.15) is 15.9 Å². The minimum absolute atomic E-state index is 0.165. The van der Waals surface area contributed by atoms with Crippen molar-refractivity contribution in [2.75, 3.05) is 6.26 Å². The lowest BCUT2D eigenvalue weighted by molar-refractivity contribution is 0.150. The van der Waals surface area contributed by atoms with Gasteiger partial charge in [-0.2, -0.15) is 0 Å². The van der Waals surface area contributed by atoms with Crippen LogP contribution >= 0.6 is 0 Å². The summed E-state index contributed by atoms with van der Waals surface area (Å²) in [5.41, 5.74) is 6.41. The van der Waals surface area contributed by atoms with Crippen molar-refractivity contribution in [3.63, 3.8) is 0 Å². The highest BCUT2D eigenvalue weighted by Gasteiger charge is 2.30. The molecule has 0 bridgehead atoms. The van der Waals surface area contributed by atoms with Crippen LogP contribution in [0.4, 0.5) is 4.39 Å². The summed E-state index contributed by atoms with van der Waals surface area (Å²) in [6, 6.07) is 4.44. The summed E-state index contributed by atoms with van der Waals surface area (Å²) in [4.78, 5) is 0. The Balaban J connectivity index is 2.08. The van der Waals surface area contributed by atoms with Crippen molar-refractivity contribution in [1.29, 1.82) is 0 Å². The van der Waals surface area contributed by atoms with Gasteiger partial charge in [-0.1, -0.05) is 6.07 Å². The summed E-state index contributed by atoms with van der Waals surface area (Å²) < 4.78 is 42.9. The standard InChI is InChI=1S/C15H22FNO3S/c1-10(17)11-6-7-15(14(16)8-11)20-12-4-3-5-13(9-12)21(2,18)19/h6-8,10,12-13H,3-5,9,17H2,1-2H3/t10-,12?,13?/m0/s1. The van der Waals surface area contributed by atoms with Gasteiger partial charge in [0.2, 0.25) is 0 Å². The molecule has 4 nitrogen and oxygen atoms in total. The molecular formula is C15H22FNO3S. The van der Waals surface area contributed by atoms with E-state index < -0.39 is 15.7 Å². The van der Waals surface area contributed by atoms with Gasteiger partial charge in [-0.15, -0.1) is 0 Å². The molecule has 2 unspecified atom stereocenters.